The molecule has 5 nitrogen and oxygen atoms in total. The van der Waals surface area contributed by atoms with E-state index in [1.807, 2.05) is 59.3 Å². The average Bonchev–Trinajstić information content (AvgIpc) is 3.35. The topological polar surface area (TPSA) is 53.4 Å². The van der Waals surface area contributed by atoms with E-state index >= 15 is 0 Å². The van der Waals surface area contributed by atoms with E-state index in [0.717, 1.165) is 35.4 Å². The molecule has 0 N–H and O–H groups in total. The van der Waals surface area contributed by atoms with Crippen LogP contribution in [0.5, 0.6) is 5.75 Å². The van der Waals surface area contributed by atoms with Crippen LogP contribution in [0.25, 0.3) is 5.76 Å². The number of aryl methyl sites for hydroxylation is 1. The second-order valence-corrected chi connectivity index (χ2v) is 6.71. The molecule has 1 aromatic heterocycles. The summed E-state index contributed by atoms with van der Waals surface area (Å²) in [5, 5.41) is 0. The van der Waals surface area contributed by atoms with Crippen LogP contribution in [0.3, 0.4) is 0 Å². The van der Waals surface area contributed by atoms with E-state index in [0.29, 0.717) is 24.4 Å². The first-order valence-corrected chi connectivity index (χ1v) is 9.35. The van der Waals surface area contributed by atoms with Crippen LogP contribution < -0.4 is 4.74 Å². The molecule has 0 amide bonds. The number of imidazole rings is 1. The zero-order chi connectivity index (χ0) is 19.3. The summed E-state index contributed by atoms with van der Waals surface area (Å²) in [6, 6.07) is 15.4. The van der Waals surface area contributed by atoms with Crippen molar-refractivity contribution in [2.75, 3.05) is 13.7 Å². The van der Waals surface area contributed by atoms with Gasteiger partial charge in [0.15, 0.2) is 5.78 Å². The number of rotatable bonds is 7. The van der Waals surface area contributed by atoms with Crippen molar-refractivity contribution in [2.24, 2.45) is 0 Å². The molecule has 1 heterocycles. The molecule has 5 heteroatoms. The summed E-state index contributed by atoms with van der Waals surface area (Å²) >= 11 is 0. The highest BCUT2D eigenvalue weighted by molar-refractivity contribution is 6.16. The fourth-order valence-corrected chi connectivity index (χ4v) is 3.51. The van der Waals surface area contributed by atoms with E-state index in [9.17, 15) is 4.79 Å². The molecule has 0 fully saturated rings. The molecule has 1 aliphatic carbocycles. The maximum atomic E-state index is 12.8. The van der Waals surface area contributed by atoms with Crippen molar-refractivity contribution in [3.05, 3.63) is 89.5 Å². The third-order valence-electron chi connectivity index (χ3n) is 4.87. The Morgan fingerprint density at radius 1 is 1.18 bits per heavy atom. The summed E-state index contributed by atoms with van der Waals surface area (Å²) in [6.07, 6.45) is 6.98. The number of hydrogen-bond acceptors (Lipinski definition) is 4. The highest BCUT2D eigenvalue weighted by Crippen LogP contribution is 2.33. The van der Waals surface area contributed by atoms with Gasteiger partial charge in [0.1, 0.15) is 11.5 Å². The van der Waals surface area contributed by atoms with E-state index < -0.39 is 0 Å². The standard InChI is InChI=1S/C23H22N2O3/c1-27-23(21-15-17-6-2-3-9-20(17)22(21)26)18-7-4-8-19(14-18)28-13-5-11-25-12-10-24-16-25/h2-4,6-10,12,14,16H,5,11,13,15H2,1H3. The second kappa shape index (κ2) is 8.13. The van der Waals surface area contributed by atoms with Gasteiger partial charge in [-0.05, 0) is 24.1 Å². The normalized spacial score (nSPS) is 14.7. The number of aromatic nitrogens is 2. The SMILES string of the molecule is COC(=C1Cc2ccccc2C1=O)c1cccc(OCCCn2ccnc2)c1. The fraction of sp³-hybridized carbons (Fsp3) is 0.217. The van der Waals surface area contributed by atoms with Crippen molar-refractivity contribution in [3.8, 4) is 5.75 Å². The largest absolute Gasteiger partial charge is 0.496 e. The van der Waals surface area contributed by atoms with Crippen molar-refractivity contribution < 1.29 is 14.3 Å². The van der Waals surface area contributed by atoms with E-state index in [-0.39, 0.29) is 5.78 Å². The molecule has 4 rings (SSSR count). The summed E-state index contributed by atoms with van der Waals surface area (Å²) < 4.78 is 13.6. The van der Waals surface area contributed by atoms with Crippen LogP contribution >= 0.6 is 0 Å². The first-order chi connectivity index (χ1) is 13.8. The Kier molecular flexibility index (Phi) is 5.24. The molecular formula is C23H22N2O3. The summed E-state index contributed by atoms with van der Waals surface area (Å²) in [6.45, 7) is 1.46. The summed E-state index contributed by atoms with van der Waals surface area (Å²) in [4.78, 5) is 16.8. The average molecular weight is 374 g/mol. The molecule has 28 heavy (non-hydrogen) atoms. The first kappa shape index (κ1) is 18.0. The lowest BCUT2D eigenvalue weighted by Gasteiger charge is -2.12. The number of ketones is 1. The molecule has 0 aliphatic heterocycles. The summed E-state index contributed by atoms with van der Waals surface area (Å²) in [5.74, 6) is 1.42. The third-order valence-corrected chi connectivity index (χ3v) is 4.87. The van der Waals surface area contributed by atoms with Crippen LogP contribution in [0, 0.1) is 0 Å². The Hall–Kier alpha value is -3.34. The van der Waals surface area contributed by atoms with E-state index in [1.54, 1.807) is 19.6 Å². The van der Waals surface area contributed by atoms with Crippen molar-refractivity contribution in [1.29, 1.82) is 0 Å². The highest BCUT2D eigenvalue weighted by atomic mass is 16.5. The smallest absolute Gasteiger partial charge is 0.193 e. The van der Waals surface area contributed by atoms with Crippen molar-refractivity contribution in [2.45, 2.75) is 19.4 Å². The monoisotopic (exact) mass is 374 g/mol. The van der Waals surface area contributed by atoms with Crippen LogP contribution in [0.1, 0.15) is 27.9 Å². The predicted molar refractivity (Wildman–Crippen MR) is 107 cm³/mol. The molecular weight excluding hydrogens is 352 g/mol. The fourth-order valence-electron chi connectivity index (χ4n) is 3.51. The van der Waals surface area contributed by atoms with Gasteiger partial charge in [0.05, 0.1) is 20.0 Å². The minimum absolute atomic E-state index is 0.0408. The molecule has 0 saturated carbocycles. The lowest BCUT2D eigenvalue weighted by molar-refractivity contribution is 0.103. The number of allylic oxidation sites excluding steroid dienone is 1. The highest BCUT2D eigenvalue weighted by Gasteiger charge is 2.28. The second-order valence-electron chi connectivity index (χ2n) is 6.71. The number of fused-ring (bicyclic) bond motifs is 1. The molecule has 0 bridgehead atoms. The molecule has 0 spiro atoms. The molecule has 2 aromatic carbocycles. The third kappa shape index (κ3) is 3.69. The van der Waals surface area contributed by atoms with E-state index in [2.05, 4.69) is 4.98 Å². The molecule has 0 radical (unpaired) electrons. The Morgan fingerprint density at radius 2 is 2.07 bits per heavy atom. The van der Waals surface area contributed by atoms with Gasteiger partial charge in [-0.3, -0.25) is 4.79 Å². The maximum absolute atomic E-state index is 12.8. The zero-order valence-corrected chi connectivity index (χ0v) is 15.8. The van der Waals surface area contributed by atoms with Gasteiger partial charge in [-0.2, -0.15) is 0 Å². The van der Waals surface area contributed by atoms with Gasteiger partial charge in [0, 0.05) is 42.1 Å². The van der Waals surface area contributed by atoms with Crippen LogP contribution in [-0.4, -0.2) is 29.1 Å². The van der Waals surface area contributed by atoms with E-state index in [1.165, 1.54) is 0 Å². The van der Waals surface area contributed by atoms with Gasteiger partial charge in [0.25, 0.3) is 0 Å². The Bertz CT molecular complexity index is 1010. The maximum Gasteiger partial charge on any atom is 0.193 e. The summed E-state index contributed by atoms with van der Waals surface area (Å²) in [7, 11) is 1.61. The minimum atomic E-state index is 0.0408. The quantitative estimate of drug-likeness (QED) is 0.354. The number of carbonyl (C=O) groups excluding carboxylic acids is 1. The van der Waals surface area contributed by atoms with Crippen molar-refractivity contribution in [1.82, 2.24) is 9.55 Å². The van der Waals surface area contributed by atoms with Crippen LogP contribution in [0.2, 0.25) is 0 Å². The molecule has 1 aliphatic rings. The number of nitrogens with zero attached hydrogens (tertiary/aromatic N) is 2. The summed E-state index contributed by atoms with van der Waals surface area (Å²) in [5.41, 5.74) is 3.36. The van der Waals surface area contributed by atoms with E-state index in [4.69, 9.17) is 9.47 Å². The van der Waals surface area contributed by atoms with Crippen molar-refractivity contribution >= 4 is 11.5 Å². The van der Waals surface area contributed by atoms with Crippen LogP contribution in [0.4, 0.5) is 0 Å². The number of ether oxygens (including phenoxy) is 2. The van der Waals surface area contributed by atoms with Gasteiger partial charge in [-0.25, -0.2) is 4.98 Å². The Morgan fingerprint density at radius 3 is 2.86 bits per heavy atom. The van der Waals surface area contributed by atoms with Gasteiger partial charge >= 0.3 is 0 Å². The van der Waals surface area contributed by atoms with Crippen LogP contribution in [-0.2, 0) is 17.7 Å². The number of Topliss-reactive ketones (excluding diaryl/α,β-unsaturated/α-hetero) is 1. The van der Waals surface area contributed by atoms with Crippen molar-refractivity contribution in [3.63, 3.8) is 0 Å². The zero-order valence-electron chi connectivity index (χ0n) is 15.8. The first-order valence-electron chi connectivity index (χ1n) is 9.35. The Labute approximate surface area is 164 Å². The number of carbonyl (C=O) groups is 1. The predicted octanol–water partition coefficient (Wildman–Crippen LogP) is 4.15. The number of methoxy groups -OCH3 is 1. The molecule has 0 unspecified atom stereocenters. The van der Waals surface area contributed by atoms with Gasteiger partial charge in [-0.1, -0.05) is 36.4 Å². The van der Waals surface area contributed by atoms with Gasteiger partial charge in [0.2, 0.25) is 0 Å². The Balaban J connectivity index is 1.49. The molecule has 3 aromatic rings. The number of hydrogen-bond donors (Lipinski definition) is 0. The molecule has 142 valence electrons. The van der Waals surface area contributed by atoms with Gasteiger partial charge < -0.3 is 14.0 Å². The number of benzene rings is 2. The lowest BCUT2D eigenvalue weighted by Crippen LogP contribution is -2.04. The lowest BCUT2D eigenvalue weighted by atomic mass is 10.0. The molecule has 0 atom stereocenters. The minimum Gasteiger partial charge on any atom is -0.496 e. The van der Waals surface area contributed by atoms with Crippen LogP contribution in [0.15, 0.2) is 72.8 Å². The van der Waals surface area contributed by atoms with Gasteiger partial charge in [-0.15, -0.1) is 0 Å². The molecule has 0 saturated heterocycles.